The van der Waals surface area contributed by atoms with Crippen molar-refractivity contribution in [2.24, 2.45) is 22.7 Å². The smallest absolute Gasteiger partial charge is 0.192 e. The van der Waals surface area contributed by atoms with Crippen molar-refractivity contribution in [2.45, 2.75) is 143 Å². The summed E-state index contributed by atoms with van der Waals surface area (Å²) in [6.45, 7) is 30.3. The Hall–Kier alpha value is -0.756. The molecular formula is C33H56O3Si2. The van der Waals surface area contributed by atoms with Crippen LogP contribution in [0.5, 0.6) is 0 Å². The molecule has 5 heteroatoms. The van der Waals surface area contributed by atoms with E-state index in [2.05, 4.69) is 99.8 Å². The molecule has 0 aromatic heterocycles. The number of hydrogen-bond donors (Lipinski definition) is 0. The van der Waals surface area contributed by atoms with Gasteiger partial charge in [0, 0.05) is 10.8 Å². The van der Waals surface area contributed by atoms with E-state index in [9.17, 15) is 4.79 Å². The van der Waals surface area contributed by atoms with Crippen molar-refractivity contribution in [3.63, 3.8) is 0 Å². The lowest BCUT2D eigenvalue weighted by Gasteiger charge is -2.59. The first-order valence-corrected chi connectivity index (χ1v) is 20.9. The molecule has 0 amide bonds. The van der Waals surface area contributed by atoms with Gasteiger partial charge in [0.05, 0.1) is 12.2 Å². The number of allylic oxidation sites excluding steroid dienone is 5. The first-order valence-electron chi connectivity index (χ1n) is 15.1. The van der Waals surface area contributed by atoms with E-state index in [1.54, 1.807) is 12.5 Å². The Balaban J connectivity index is 1.75. The van der Waals surface area contributed by atoms with E-state index in [0.29, 0.717) is 11.8 Å². The highest BCUT2D eigenvalue weighted by molar-refractivity contribution is 6.74. The predicted octanol–water partition coefficient (Wildman–Crippen LogP) is 9.39. The lowest BCUT2D eigenvalue weighted by atomic mass is 9.49. The topological polar surface area (TPSA) is 35.5 Å². The molecule has 0 aliphatic heterocycles. The monoisotopic (exact) mass is 556 g/mol. The quantitative estimate of drug-likeness (QED) is 0.316. The second-order valence-electron chi connectivity index (χ2n) is 16.4. The van der Waals surface area contributed by atoms with Gasteiger partial charge < -0.3 is 8.85 Å². The van der Waals surface area contributed by atoms with Crippen LogP contribution in [0.1, 0.15) is 94.4 Å². The SMILES string of the molecule is CC(=O)C1=CCC2C3=CC=C4C[C@@H](O[Si](C)(C)C(C)(C)C)C[C@H](O[Si](C)(C)C(C)(C)C)[C@]4(C)C3CC[C@]12C. The molecule has 0 saturated heterocycles. The van der Waals surface area contributed by atoms with Gasteiger partial charge >= 0.3 is 0 Å². The van der Waals surface area contributed by atoms with Gasteiger partial charge in [-0.25, -0.2) is 0 Å². The minimum Gasteiger partial charge on any atom is -0.414 e. The molecule has 0 radical (unpaired) electrons. The Bertz CT molecular complexity index is 1070. The van der Waals surface area contributed by atoms with Crippen LogP contribution in [-0.2, 0) is 13.6 Å². The highest BCUT2D eigenvalue weighted by atomic mass is 28.4. The molecule has 0 spiro atoms. The molecule has 0 aromatic rings. The van der Waals surface area contributed by atoms with Crippen molar-refractivity contribution in [3.8, 4) is 0 Å². The zero-order chi connectivity index (χ0) is 28.7. The van der Waals surface area contributed by atoms with E-state index in [1.807, 2.05) is 0 Å². The van der Waals surface area contributed by atoms with Crippen LogP contribution in [-0.4, -0.2) is 34.6 Å². The molecule has 0 bridgehead atoms. The van der Waals surface area contributed by atoms with Gasteiger partial charge in [0.15, 0.2) is 22.4 Å². The zero-order valence-electron chi connectivity index (χ0n) is 26.8. The summed E-state index contributed by atoms with van der Waals surface area (Å²) in [4.78, 5) is 12.6. The molecule has 2 fully saturated rings. The van der Waals surface area contributed by atoms with Gasteiger partial charge in [0.1, 0.15) is 0 Å². The highest BCUT2D eigenvalue weighted by Crippen LogP contribution is 2.64. The molecule has 0 aromatic carbocycles. The first kappa shape index (κ1) is 30.2. The van der Waals surface area contributed by atoms with Crippen LogP contribution in [0.25, 0.3) is 0 Å². The summed E-state index contributed by atoms with van der Waals surface area (Å²) in [5, 5.41) is 0.347. The predicted molar refractivity (Wildman–Crippen MR) is 165 cm³/mol. The number of ketones is 1. The standard InChI is InChI=1S/C33H56O3Si2/c1-22(34)26-16-17-27-25-15-14-23-20-24(35-37(10,11)30(2,3)4)21-29(36-38(12,13)31(5,6)7)33(23,9)28(25)18-19-32(26,27)8/h14-16,24,27-29H,17-21H2,1-13H3/t24-,27?,28?,29+,32-,33+/m1/s1. The fraction of sp³-hybridized carbons (Fsp3) is 0.788. The van der Waals surface area contributed by atoms with Crippen molar-refractivity contribution in [3.05, 3.63) is 34.9 Å². The zero-order valence-corrected chi connectivity index (χ0v) is 28.8. The molecule has 0 heterocycles. The Morgan fingerprint density at radius 2 is 1.50 bits per heavy atom. The number of carbonyl (C=O) groups excluding carboxylic acids is 1. The number of Topliss-reactive ketones (excluding diaryl/α,β-unsaturated/α-hetero) is 1. The summed E-state index contributed by atoms with van der Waals surface area (Å²) in [5.41, 5.74) is 4.14. The van der Waals surface area contributed by atoms with Crippen LogP contribution < -0.4 is 0 Å². The summed E-state index contributed by atoms with van der Waals surface area (Å²) < 4.78 is 14.5. The van der Waals surface area contributed by atoms with E-state index in [0.717, 1.165) is 37.7 Å². The van der Waals surface area contributed by atoms with Gasteiger partial charge in [-0.2, -0.15) is 0 Å². The van der Waals surface area contributed by atoms with E-state index in [1.165, 1.54) is 5.57 Å². The molecule has 214 valence electrons. The van der Waals surface area contributed by atoms with E-state index >= 15 is 0 Å². The van der Waals surface area contributed by atoms with Gasteiger partial charge in [-0.1, -0.05) is 84.8 Å². The first-order chi connectivity index (χ1) is 17.1. The third-order valence-electron chi connectivity index (χ3n) is 12.1. The Labute approximate surface area is 236 Å². The van der Waals surface area contributed by atoms with Crippen LogP contribution in [0, 0.1) is 22.7 Å². The van der Waals surface area contributed by atoms with Crippen molar-refractivity contribution in [1.82, 2.24) is 0 Å². The third kappa shape index (κ3) is 4.75. The molecule has 2 unspecified atom stereocenters. The second kappa shape index (κ2) is 9.39. The largest absolute Gasteiger partial charge is 0.414 e. The van der Waals surface area contributed by atoms with Crippen molar-refractivity contribution < 1.29 is 13.6 Å². The van der Waals surface area contributed by atoms with Crippen LogP contribution in [0.15, 0.2) is 34.9 Å². The van der Waals surface area contributed by atoms with Gasteiger partial charge in [0.25, 0.3) is 0 Å². The fourth-order valence-corrected chi connectivity index (χ4v) is 10.3. The fourth-order valence-electron chi connectivity index (χ4n) is 7.53. The maximum Gasteiger partial charge on any atom is 0.192 e. The molecule has 38 heavy (non-hydrogen) atoms. The summed E-state index contributed by atoms with van der Waals surface area (Å²) >= 11 is 0. The lowest BCUT2D eigenvalue weighted by molar-refractivity contribution is -0.115. The van der Waals surface area contributed by atoms with Crippen molar-refractivity contribution in [1.29, 1.82) is 0 Å². The average Bonchev–Trinajstić information content (AvgIpc) is 3.10. The van der Waals surface area contributed by atoms with Gasteiger partial charge in [-0.05, 0) is 92.7 Å². The van der Waals surface area contributed by atoms with Crippen molar-refractivity contribution in [2.75, 3.05) is 0 Å². The Morgan fingerprint density at radius 1 is 0.921 bits per heavy atom. The minimum atomic E-state index is -2.01. The highest BCUT2D eigenvalue weighted by Gasteiger charge is 2.59. The molecule has 3 nitrogen and oxygen atoms in total. The molecule has 6 atom stereocenters. The van der Waals surface area contributed by atoms with Crippen LogP contribution in [0.2, 0.25) is 36.3 Å². The molecule has 4 aliphatic rings. The average molecular weight is 557 g/mol. The second-order valence-corrected chi connectivity index (χ2v) is 25.9. The lowest BCUT2D eigenvalue weighted by Crippen LogP contribution is -2.58. The summed E-state index contributed by atoms with van der Waals surface area (Å²) in [5.74, 6) is 1.17. The van der Waals surface area contributed by atoms with Gasteiger partial charge in [-0.3, -0.25) is 4.79 Å². The van der Waals surface area contributed by atoms with Crippen molar-refractivity contribution >= 4 is 22.4 Å². The number of carbonyl (C=O) groups is 1. The maximum atomic E-state index is 12.6. The minimum absolute atomic E-state index is 0.0195. The number of hydrogen-bond acceptors (Lipinski definition) is 3. The molecule has 4 aliphatic carbocycles. The third-order valence-corrected chi connectivity index (χ3v) is 21.1. The van der Waals surface area contributed by atoms with Crippen LogP contribution >= 0.6 is 0 Å². The molecule has 4 rings (SSSR count). The Morgan fingerprint density at radius 3 is 2.05 bits per heavy atom. The summed E-state index contributed by atoms with van der Waals surface area (Å²) in [7, 11) is -3.91. The molecule has 2 saturated carbocycles. The van der Waals surface area contributed by atoms with E-state index < -0.39 is 16.6 Å². The summed E-state index contributed by atoms with van der Waals surface area (Å²) in [6.07, 6.45) is 12.7. The number of fused-ring (bicyclic) bond motifs is 5. The maximum absolute atomic E-state index is 12.6. The number of rotatable bonds is 5. The normalized spacial score (nSPS) is 36.0. The molecule has 0 N–H and O–H groups in total. The summed E-state index contributed by atoms with van der Waals surface area (Å²) in [6, 6.07) is 0. The van der Waals surface area contributed by atoms with Crippen LogP contribution in [0.4, 0.5) is 0 Å². The van der Waals surface area contributed by atoms with Gasteiger partial charge in [-0.15, -0.1) is 0 Å². The van der Waals surface area contributed by atoms with Crippen LogP contribution in [0.3, 0.4) is 0 Å². The molecular weight excluding hydrogens is 501 g/mol. The van der Waals surface area contributed by atoms with Gasteiger partial charge in [0.2, 0.25) is 0 Å². The Kier molecular flexibility index (Phi) is 7.46. The van der Waals surface area contributed by atoms with E-state index in [4.69, 9.17) is 8.85 Å². The van der Waals surface area contributed by atoms with E-state index in [-0.39, 0.29) is 38.9 Å².